The highest BCUT2D eigenvalue weighted by molar-refractivity contribution is 6.33. The molecule has 6 nitrogen and oxygen atoms in total. The Labute approximate surface area is 145 Å². The number of para-hydroxylation sites is 1. The molecular formula is C17H20ClN3O3. The van der Waals surface area contributed by atoms with Crippen molar-refractivity contribution in [2.45, 2.75) is 26.2 Å². The van der Waals surface area contributed by atoms with Gasteiger partial charge in [-0.1, -0.05) is 29.8 Å². The molecule has 0 saturated carbocycles. The molecule has 0 radical (unpaired) electrons. The number of unbranched alkanes of at least 4 members (excludes halogenated alkanes) is 1. The van der Waals surface area contributed by atoms with Gasteiger partial charge in [0.15, 0.2) is 0 Å². The predicted octanol–water partition coefficient (Wildman–Crippen LogP) is 2.91. The van der Waals surface area contributed by atoms with Crippen molar-refractivity contribution < 1.29 is 14.3 Å². The van der Waals surface area contributed by atoms with Crippen molar-refractivity contribution in [3.63, 3.8) is 0 Å². The van der Waals surface area contributed by atoms with Gasteiger partial charge in [-0.05, 0) is 31.9 Å². The first-order valence-corrected chi connectivity index (χ1v) is 8.08. The molecule has 0 saturated heterocycles. The number of aryl methyl sites for hydroxylation is 1. The zero-order chi connectivity index (χ0) is 17.5. The lowest BCUT2D eigenvalue weighted by Crippen LogP contribution is -2.25. The molecule has 0 bridgehead atoms. The first-order valence-electron chi connectivity index (χ1n) is 7.70. The normalized spacial score (nSPS) is 10.5. The van der Waals surface area contributed by atoms with E-state index in [4.69, 9.17) is 11.6 Å². The van der Waals surface area contributed by atoms with Crippen LogP contribution in [0.15, 0.2) is 30.3 Å². The minimum Gasteiger partial charge on any atom is -0.469 e. The highest BCUT2D eigenvalue weighted by Gasteiger charge is 2.20. The predicted molar refractivity (Wildman–Crippen MR) is 91.5 cm³/mol. The van der Waals surface area contributed by atoms with Gasteiger partial charge < -0.3 is 10.1 Å². The molecule has 0 aliphatic carbocycles. The van der Waals surface area contributed by atoms with Crippen molar-refractivity contribution in [3.05, 3.63) is 46.7 Å². The Morgan fingerprint density at radius 3 is 2.62 bits per heavy atom. The molecule has 1 amide bonds. The summed E-state index contributed by atoms with van der Waals surface area (Å²) in [5.41, 5.74) is 1.73. The van der Waals surface area contributed by atoms with E-state index in [2.05, 4.69) is 15.2 Å². The average molecular weight is 350 g/mol. The van der Waals surface area contributed by atoms with E-state index in [0.29, 0.717) is 37.1 Å². The number of halogens is 1. The Morgan fingerprint density at radius 1 is 1.25 bits per heavy atom. The lowest BCUT2D eigenvalue weighted by molar-refractivity contribution is -0.140. The Balaban J connectivity index is 1.98. The fourth-order valence-corrected chi connectivity index (χ4v) is 2.64. The molecular weight excluding hydrogens is 330 g/mol. The second-order valence-corrected chi connectivity index (χ2v) is 5.65. The number of esters is 1. The average Bonchev–Trinajstić information content (AvgIpc) is 2.89. The second kappa shape index (κ2) is 8.49. The van der Waals surface area contributed by atoms with E-state index < -0.39 is 0 Å². The van der Waals surface area contributed by atoms with E-state index in [9.17, 15) is 9.59 Å². The third-order valence-corrected chi connectivity index (χ3v) is 3.90. The highest BCUT2D eigenvalue weighted by atomic mass is 35.5. The van der Waals surface area contributed by atoms with E-state index in [1.54, 1.807) is 11.6 Å². The molecule has 0 atom stereocenters. The Bertz CT molecular complexity index is 713. The van der Waals surface area contributed by atoms with Gasteiger partial charge in [0.1, 0.15) is 5.15 Å². The van der Waals surface area contributed by atoms with Crippen molar-refractivity contribution >= 4 is 23.5 Å². The number of hydrogen-bond acceptors (Lipinski definition) is 4. The maximum atomic E-state index is 12.3. The minimum atomic E-state index is -0.266. The zero-order valence-electron chi connectivity index (χ0n) is 13.7. The summed E-state index contributed by atoms with van der Waals surface area (Å²) >= 11 is 6.34. The summed E-state index contributed by atoms with van der Waals surface area (Å²) in [6.45, 7) is 2.21. The van der Waals surface area contributed by atoms with Gasteiger partial charge in [0.25, 0.3) is 5.91 Å². The van der Waals surface area contributed by atoms with E-state index in [1.165, 1.54) is 7.11 Å². The summed E-state index contributed by atoms with van der Waals surface area (Å²) in [6.07, 6.45) is 1.69. The molecule has 1 aromatic heterocycles. The van der Waals surface area contributed by atoms with Crippen LogP contribution in [-0.4, -0.2) is 35.3 Å². The summed E-state index contributed by atoms with van der Waals surface area (Å²) in [5.74, 6) is -0.512. The van der Waals surface area contributed by atoms with Gasteiger partial charge >= 0.3 is 5.97 Å². The third-order valence-electron chi connectivity index (χ3n) is 3.55. The van der Waals surface area contributed by atoms with Crippen LogP contribution in [0.4, 0.5) is 0 Å². The van der Waals surface area contributed by atoms with E-state index in [1.807, 2.05) is 30.3 Å². The smallest absolute Gasteiger partial charge is 0.305 e. The molecule has 0 spiro atoms. The largest absolute Gasteiger partial charge is 0.469 e. The van der Waals surface area contributed by atoms with Crippen LogP contribution in [0.5, 0.6) is 0 Å². The number of hydrogen-bond donors (Lipinski definition) is 1. The number of carbonyl (C=O) groups is 2. The first-order chi connectivity index (χ1) is 11.5. The van der Waals surface area contributed by atoms with Gasteiger partial charge in [-0.2, -0.15) is 5.10 Å². The van der Waals surface area contributed by atoms with Gasteiger partial charge in [-0.3, -0.25) is 9.59 Å². The molecule has 0 aliphatic rings. The SMILES string of the molecule is COC(=O)CCCCNC(=O)c1c(C)nn(-c2ccccc2)c1Cl. The van der Waals surface area contributed by atoms with Gasteiger partial charge in [0, 0.05) is 13.0 Å². The second-order valence-electron chi connectivity index (χ2n) is 5.29. The lowest BCUT2D eigenvalue weighted by Gasteiger charge is -2.05. The number of nitrogens with one attached hydrogen (secondary N) is 1. The molecule has 0 fully saturated rings. The minimum absolute atomic E-state index is 0.246. The number of amides is 1. The van der Waals surface area contributed by atoms with Crippen LogP contribution in [-0.2, 0) is 9.53 Å². The van der Waals surface area contributed by atoms with Gasteiger partial charge in [-0.25, -0.2) is 4.68 Å². The summed E-state index contributed by atoms with van der Waals surface area (Å²) < 4.78 is 6.11. The fourth-order valence-electron chi connectivity index (χ4n) is 2.28. The fraction of sp³-hybridized carbons (Fsp3) is 0.353. The van der Waals surface area contributed by atoms with Crippen LogP contribution in [0.1, 0.15) is 35.3 Å². The molecule has 0 unspecified atom stereocenters. The molecule has 0 aliphatic heterocycles. The lowest BCUT2D eigenvalue weighted by atomic mass is 10.2. The van der Waals surface area contributed by atoms with Crippen molar-refractivity contribution in [2.24, 2.45) is 0 Å². The molecule has 128 valence electrons. The van der Waals surface area contributed by atoms with Gasteiger partial charge in [-0.15, -0.1) is 0 Å². The molecule has 7 heteroatoms. The van der Waals surface area contributed by atoms with E-state index in [-0.39, 0.29) is 17.0 Å². The Kier molecular flexibility index (Phi) is 6.37. The highest BCUT2D eigenvalue weighted by Crippen LogP contribution is 2.23. The third kappa shape index (κ3) is 4.35. The number of ether oxygens (including phenoxy) is 1. The maximum absolute atomic E-state index is 12.3. The van der Waals surface area contributed by atoms with E-state index in [0.717, 1.165) is 5.69 Å². The molecule has 2 aromatic rings. The topological polar surface area (TPSA) is 73.2 Å². The first kappa shape index (κ1) is 18.0. The van der Waals surface area contributed by atoms with Crippen LogP contribution in [0.2, 0.25) is 5.15 Å². The maximum Gasteiger partial charge on any atom is 0.305 e. The van der Waals surface area contributed by atoms with Gasteiger partial charge in [0.05, 0.1) is 24.1 Å². The Hall–Kier alpha value is -2.34. The number of rotatable bonds is 7. The standard InChI is InChI=1S/C17H20ClN3O3/c1-12-15(17(23)19-11-7-6-10-14(22)24-2)16(18)21(20-12)13-8-4-3-5-9-13/h3-5,8-9H,6-7,10-11H2,1-2H3,(H,19,23). The number of carbonyl (C=O) groups excluding carboxylic acids is 2. The van der Waals surface area contributed by atoms with Gasteiger partial charge in [0.2, 0.25) is 0 Å². The summed E-state index contributed by atoms with van der Waals surface area (Å²) in [7, 11) is 1.36. The molecule has 1 N–H and O–H groups in total. The molecule has 1 aromatic carbocycles. The van der Waals surface area contributed by atoms with Crippen molar-refractivity contribution in [3.8, 4) is 5.69 Å². The molecule has 2 rings (SSSR count). The summed E-state index contributed by atoms with van der Waals surface area (Å²) in [6, 6.07) is 9.39. The monoisotopic (exact) mass is 349 g/mol. The zero-order valence-corrected chi connectivity index (χ0v) is 14.5. The number of nitrogens with zero attached hydrogens (tertiary/aromatic N) is 2. The quantitative estimate of drug-likeness (QED) is 0.616. The molecule has 1 heterocycles. The van der Waals surface area contributed by atoms with Crippen molar-refractivity contribution in [2.75, 3.05) is 13.7 Å². The summed E-state index contributed by atoms with van der Waals surface area (Å²) in [5, 5.41) is 7.43. The van der Waals surface area contributed by atoms with Crippen LogP contribution in [0, 0.1) is 6.92 Å². The van der Waals surface area contributed by atoms with E-state index >= 15 is 0 Å². The van der Waals surface area contributed by atoms with Crippen LogP contribution in [0.3, 0.4) is 0 Å². The van der Waals surface area contributed by atoms with Crippen molar-refractivity contribution in [1.29, 1.82) is 0 Å². The van der Waals surface area contributed by atoms with Crippen molar-refractivity contribution in [1.82, 2.24) is 15.1 Å². The number of methoxy groups -OCH3 is 1. The van der Waals surface area contributed by atoms with Crippen LogP contribution < -0.4 is 5.32 Å². The number of benzene rings is 1. The van der Waals surface area contributed by atoms with Crippen LogP contribution >= 0.6 is 11.6 Å². The number of aromatic nitrogens is 2. The molecule has 24 heavy (non-hydrogen) atoms. The summed E-state index contributed by atoms with van der Waals surface area (Å²) in [4.78, 5) is 23.4. The van der Waals surface area contributed by atoms with Crippen LogP contribution in [0.25, 0.3) is 5.69 Å². The Morgan fingerprint density at radius 2 is 1.96 bits per heavy atom.